The molecule has 1 spiro atoms. The van der Waals surface area contributed by atoms with Crippen molar-refractivity contribution in [2.24, 2.45) is 5.41 Å². The van der Waals surface area contributed by atoms with E-state index in [-0.39, 0.29) is 23.3 Å². The van der Waals surface area contributed by atoms with Gasteiger partial charge < -0.3 is 19.3 Å². The standard InChI is InChI=1S/C23H32N2O4/c1-17-5-3-7-19(28-2)21(17)22(27)24-12-10-23(11-13-24)9-8-20(26)25(16-23)15-18-6-4-14-29-18/h3,5,7,18H,4,6,8-16H2,1-2H3/t18-/m1/s1. The number of hydrogen-bond donors (Lipinski definition) is 0. The summed E-state index contributed by atoms with van der Waals surface area (Å²) < 4.78 is 11.2. The molecule has 0 aliphatic carbocycles. The van der Waals surface area contributed by atoms with E-state index in [1.807, 2.05) is 34.9 Å². The maximum absolute atomic E-state index is 13.2. The lowest BCUT2D eigenvalue weighted by atomic mass is 9.72. The zero-order valence-electron chi connectivity index (χ0n) is 17.6. The first-order valence-corrected chi connectivity index (χ1v) is 10.8. The molecule has 1 aromatic carbocycles. The van der Waals surface area contributed by atoms with Crippen LogP contribution < -0.4 is 4.74 Å². The molecule has 3 fully saturated rings. The number of methoxy groups -OCH3 is 1. The molecule has 0 unspecified atom stereocenters. The first-order chi connectivity index (χ1) is 14.0. The second kappa shape index (κ2) is 8.34. The van der Waals surface area contributed by atoms with E-state index in [0.29, 0.717) is 17.7 Å². The third-order valence-electron chi connectivity index (χ3n) is 6.98. The van der Waals surface area contributed by atoms with Gasteiger partial charge in [0.25, 0.3) is 5.91 Å². The molecule has 0 N–H and O–H groups in total. The summed E-state index contributed by atoms with van der Waals surface area (Å²) in [5.74, 6) is 0.952. The number of benzene rings is 1. The molecule has 0 radical (unpaired) electrons. The van der Waals surface area contributed by atoms with Gasteiger partial charge in [0.1, 0.15) is 5.75 Å². The van der Waals surface area contributed by atoms with Crippen LogP contribution in [0.1, 0.15) is 54.4 Å². The van der Waals surface area contributed by atoms with Gasteiger partial charge in [-0.2, -0.15) is 0 Å². The Kier molecular flexibility index (Phi) is 5.81. The van der Waals surface area contributed by atoms with Crippen molar-refractivity contribution in [3.8, 4) is 5.75 Å². The van der Waals surface area contributed by atoms with Crippen molar-refractivity contribution in [1.82, 2.24) is 9.80 Å². The van der Waals surface area contributed by atoms with Crippen LogP contribution in [0.5, 0.6) is 5.75 Å². The smallest absolute Gasteiger partial charge is 0.257 e. The molecule has 4 rings (SSSR count). The molecule has 158 valence electrons. The Bertz CT molecular complexity index is 764. The molecule has 1 atom stereocenters. The SMILES string of the molecule is COc1cccc(C)c1C(=O)N1CCC2(CCC(=O)N(C[C@H]3CCCO3)C2)CC1. The van der Waals surface area contributed by atoms with Gasteiger partial charge in [-0.3, -0.25) is 9.59 Å². The molecule has 0 saturated carbocycles. The Morgan fingerprint density at radius 3 is 2.76 bits per heavy atom. The normalized spacial score (nSPS) is 24.2. The molecule has 6 nitrogen and oxygen atoms in total. The van der Waals surface area contributed by atoms with E-state index < -0.39 is 0 Å². The predicted octanol–water partition coefficient (Wildman–Crippen LogP) is 3.03. The van der Waals surface area contributed by atoms with Crippen molar-refractivity contribution in [1.29, 1.82) is 0 Å². The summed E-state index contributed by atoms with van der Waals surface area (Å²) in [5.41, 5.74) is 1.75. The van der Waals surface area contributed by atoms with Gasteiger partial charge in [-0.05, 0) is 56.1 Å². The molecule has 29 heavy (non-hydrogen) atoms. The van der Waals surface area contributed by atoms with E-state index in [4.69, 9.17) is 9.47 Å². The van der Waals surface area contributed by atoms with E-state index in [1.165, 1.54) is 0 Å². The number of rotatable bonds is 4. The quantitative estimate of drug-likeness (QED) is 0.780. The summed E-state index contributed by atoms with van der Waals surface area (Å²) in [4.78, 5) is 29.6. The maximum atomic E-state index is 13.2. The van der Waals surface area contributed by atoms with Gasteiger partial charge in [-0.25, -0.2) is 0 Å². The summed E-state index contributed by atoms with van der Waals surface area (Å²) in [7, 11) is 1.61. The molecule has 3 aliphatic rings. The van der Waals surface area contributed by atoms with Gasteiger partial charge in [0.15, 0.2) is 0 Å². The molecule has 2 amide bonds. The minimum absolute atomic E-state index is 0.0536. The molecule has 3 saturated heterocycles. The third kappa shape index (κ3) is 4.13. The monoisotopic (exact) mass is 400 g/mol. The van der Waals surface area contributed by atoms with Crippen molar-refractivity contribution in [2.45, 2.75) is 51.6 Å². The lowest BCUT2D eigenvalue weighted by molar-refractivity contribution is -0.141. The number of aryl methyl sites for hydroxylation is 1. The van der Waals surface area contributed by atoms with Gasteiger partial charge in [0, 0.05) is 39.2 Å². The van der Waals surface area contributed by atoms with Crippen LogP contribution in [0, 0.1) is 12.3 Å². The average molecular weight is 401 g/mol. The van der Waals surface area contributed by atoms with Crippen LogP contribution in [0.3, 0.4) is 0 Å². The fraction of sp³-hybridized carbons (Fsp3) is 0.652. The molecular weight excluding hydrogens is 368 g/mol. The fourth-order valence-electron chi connectivity index (χ4n) is 5.14. The van der Waals surface area contributed by atoms with Crippen LogP contribution in [0.4, 0.5) is 0 Å². The van der Waals surface area contributed by atoms with E-state index in [9.17, 15) is 9.59 Å². The number of nitrogens with zero attached hydrogens (tertiary/aromatic N) is 2. The van der Waals surface area contributed by atoms with Gasteiger partial charge in [-0.1, -0.05) is 12.1 Å². The number of piperidine rings is 2. The molecule has 0 aromatic heterocycles. The fourth-order valence-corrected chi connectivity index (χ4v) is 5.14. The Hall–Kier alpha value is -2.08. The minimum atomic E-state index is 0.0536. The summed E-state index contributed by atoms with van der Waals surface area (Å²) in [6.07, 6.45) is 5.79. The number of ether oxygens (including phenoxy) is 2. The topological polar surface area (TPSA) is 59.1 Å². The number of carbonyl (C=O) groups excluding carboxylic acids is 2. The molecule has 6 heteroatoms. The van der Waals surface area contributed by atoms with Crippen molar-refractivity contribution >= 4 is 11.8 Å². The summed E-state index contributed by atoms with van der Waals surface area (Å²) in [6, 6.07) is 5.72. The van der Waals surface area contributed by atoms with Gasteiger partial charge in [0.2, 0.25) is 5.91 Å². The Labute approximate surface area is 173 Å². The number of amides is 2. The van der Waals surface area contributed by atoms with Gasteiger partial charge >= 0.3 is 0 Å². The summed E-state index contributed by atoms with van der Waals surface area (Å²) >= 11 is 0. The Balaban J connectivity index is 1.41. The predicted molar refractivity (Wildman–Crippen MR) is 110 cm³/mol. The second-order valence-corrected chi connectivity index (χ2v) is 8.85. The first-order valence-electron chi connectivity index (χ1n) is 10.8. The van der Waals surface area contributed by atoms with Gasteiger partial charge in [0.05, 0.1) is 18.8 Å². The molecular formula is C23H32N2O4. The van der Waals surface area contributed by atoms with Crippen LogP contribution >= 0.6 is 0 Å². The van der Waals surface area contributed by atoms with Crippen LogP contribution in [-0.2, 0) is 9.53 Å². The average Bonchev–Trinajstić information content (AvgIpc) is 3.24. The molecule has 0 bridgehead atoms. The van der Waals surface area contributed by atoms with Crippen molar-refractivity contribution in [3.05, 3.63) is 29.3 Å². The van der Waals surface area contributed by atoms with E-state index >= 15 is 0 Å². The maximum Gasteiger partial charge on any atom is 0.257 e. The molecule has 3 heterocycles. The first kappa shape index (κ1) is 20.2. The lowest BCUT2D eigenvalue weighted by Gasteiger charge is -2.47. The van der Waals surface area contributed by atoms with E-state index in [1.54, 1.807) is 7.11 Å². The van der Waals surface area contributed by atoms with Crippen molar-refractivity contribution in [2.75, 3.05) is 39.9 Å². The summed E-state index contributed by atoms with van der Waals surface area (Å²) in [6.45, 7) is 5.77. The minimum Gasteiger partial charge on any atom is -0.496 e. The van der Waals surface area contributed by atoms with E-state index in [2.05, 4.69) is 0 Å². The molecule has 3 aliphatic heterocycles. The van der Waals surface area contributed by atoms with Crippen LogP contribution in [-0.4, -0.2) is 67.6 Å². The highest BCUT2D eigenvalue weighted by molar-refractivity contribution is 5.98. The Morgan fingerprint density at radius 2 is 2.07 bits per heavy atom. The Morgan fingerprint density at radius 1 is 1.28 bits per heavy atom. The van der Waals surface area contributed by atoms with E-state index in [0.717, 1.165) is 70.5 Å². The van der Waals surface area contributed by atoms with Crippen LogP contribution in [0.25, 0.3) is 0 Å². The summed E-state index contributed by atoms with van der Waals surface area (Å²) in [5, 5.41) is 0. The highest BCUT2D eigenvalue weighted by Crippen LogP contribution is 2.41. The van der Waals surface area contributed by atoms with Crippen LogP contribution in [0.2, 0.25) is 0 Å². The largest absolute Gasteiger partial charge is 0.496 e. The number of carbonyl (C=O) groups is 2. The lowest BCUT2D eigenvalue weighted by Crippen LogP contribution is -2.53. The number of likely N-dealkylation sites (tertiary alicyclic amines) is 2. The van der Waals surface area contributed by atoms with Crippen molar-refractivity contribution < 1.29 is 19.1 Å². The van der Waals surface area contributed by atoms with Crippen LogP contribution in [0.15, 0.2) is 18.2 Å². The van der Waals surface area contributed by atoms with Gasteiger partial charge in [-0.15, -0.1) is 0 Å². The highest BCUT2D eigenvalue weighted by Gasteiger charge is 2.42. The third-order valence-corrected chi connectivity index (χ3v) is 6.98. The van der Waals surface area contributed by atoms with Crippen molar-refractivity contribution in [3.63, 3.8) is 0 Å². The number of hydrogen-bond acceptors (Lipinski definition) is 4. The second-order valence-electron chi connectivity index (χ2n) is 8.85. The highest BCUT2D eigenvalue weighted by atomic mass is 16.5. The zero-order chi connectivity index (χ0) is 20.4. The zero-order valence-corrected chi connectivity index (χ0v) is 17.6. The molecule has 1 aromatic rings.